The molecule has 2 N–H and O–H groups in total. The van der Waals surface area contributed by atoms with E-state index in [0.29, 0.717) is 35.2 Å². The number of hydrogen-bond acceptors (Lipinski definition) is 7. The van der Waals surface area contributed by atoms with E-state index in [1.165, 1.54) is 16.8 Å². The van der Waals surface area contributed by atoms with Crippen molar-refractivity contribution in [3.63, 3.8) is 0 Å². The number of carbonyl (C=O) groups excluding carboxylic acids is 2. The lowest BCUT2D eigenvalue weighted by Crippen LogP contribution is -2.55. The Bertz CT molecular complexity index is 2270. The molecule has 1 fully saturated rings. The van der Waals surface area contributed by atoms with Crippen molar-refractivity contribution >= 4 is 23.4 Å². The lowest BCUT2D eigenvalue weighted by atomic mass is 10.0. The molecule has 0 radical (unpaired) electrons. The molecule has 2 amide bonds. The molecule has 1 aliphatic rings. The van der Waals surface area contributed by atoms with Crippen LogP contribution in [-0.2, 0) is 34.9 Å². The first-order valence-electron chi connectivity index (χ1n) is 16.1. The largest absolute Gasteiger partial charge is 0.434 e. The van der Waals surface area contributed by atoms with E-state index in [0.717, 1.165) is 22.6 Å². The lowest BCUT2D eigenvalue weighted by Gasteiger charge is -2.29. The van der Waals surface area contributed by atoms with Crippen molar-refractivity contribution in [2.45, 2.75) is 63.1 Å². The maximum Gasteiger partial charge on any atom is 0.434 e. The molecule has 6 aromatic rings. The first kappa shape index (κ1) is 34.6. The van der Waals surface area contributed by atoms with E-state index in [1.54, 1.807) is 55.0 Å². The monoisotopic (exact) mass is 724 g/mol. The minimum atomic E-state index is -4.59. The fraction of sp³-hybridized carbons (Fsp3) is 0.324. The van der Waals surface area contributed by atoms with Gasteiger partial charge in [0.15, 0.2) is 5.69 Å². The molecule has 3 atom stereocenters. The van der Waals surface area contributed by atoms with Gasteiger partial charge in [-0.2, -0.15) is 31.4 Å². The van der Waals surface area contributed by atoms with Crippen LogP contribution in [-0.4, -0.2) is 61.9 Å². The molecule has 5 heterocycles. The molecule has 1 saturated carbocycles. The van der Waals surface area contributed by atoms with Crippen molar-refractivity contribution in [2.24, 2.45) is 5.92 Å². The Morgan fingerprint density at radius 2 is 1.65 bits per heavy atom. The van der Waals surface area contributed by atoms with Crippen LogP contribution < -0.4 is 10.6 Å². The molecule has 52 heavy (non-hydrogen) atoms. The minimum absolute atomic E-state index is 0.0480. The summed E-state index contributed by atoms with van der Waals surface area (Å²) in [6.45, 7) is 3.21. The highest BCUT2D eigenvalue weighted by Crippen LogP contribution is 2.48. The van der Waals surface area contributed by atoms with Crippen LogP contribution in [0, 0.1) is 5.92 Å². The fourth-order valence-corrected chi connectivity index (χ4v) is 6.13. The zero-order valence-corrected chi connectivity index (χ0v) is 27.5. The normalized spacial score (nSPS) is 17.0. The van der Waals surface area contributed by atoms with Crippen molar-refractivity contribution in [1.29, 1.82) is 0 Å². The van der Waals surface area contributed by atoms with Crippen molar-refractivity contribution in [3.8, 4) is 11.1 Å². The van der Waals surface area contributed by atoms with Crippen LogP contribution in [0.15, 0.2) is 79.9 Å². The fourth-order valence-electron chi connectivity index (χ4n) is 6.13. The molecular formula is C34H30F6N10O2. The van der Waals surface area contributed by atoms with E-state index in [-0.39, 0.29) is 30.6 Å². The number of nitrogens with zero attached hydrogens (tertiary/aromatic N) is 8. The van der Waals surface area contributed by atoms with Gasteiger partial charge in [-0.3, -0.25) is 23.1 Å². The van der Waals surface area contributed by atoms with Gasteiger partial charge in [-0.25, -0.2) is 19.9 Å². The van der Waals surface area contributed by atoms with Gasteiger partial charge in [0.1, 0.15) is 6.04 Å². The molecule has 7 rings (SSSR count). The van der Waals surface area contributed by atoms with Gasteiger partial charge in [-0.15, -0.1) is 0 Å². The van der Waals surface area contributed by atoms with Crippen molar-refractivity contribution in [3.05, 3.63) is 102 Å². The molecular weight excluding hydrogens is 694 g/mol. The summed E-state index contributed by atoms with van der Waals surface area (Å²) >= 11 is 0. The highest BCUT2D eigenvalue weighted by molar-refractivity contribution is 5.90. The Hall–Kier alpha value is -5.81. The molecule has 0 spiro atoms. The number of nitrogens with one attached hydrogen (secondary N) is 2. The predicted octanol–water partition coefficient (Wildman–Crippen LogP) is 5.10. The second-order valence-corrected chi connectivity index (χ2v) is 13.3. The van der Waals surface area contributed by atoms with Gasteiger partial charge in [0.05, 0.1) is 30.0 Å². The van der Waals surface area contributed by atoms with E-state index in [2.05, 4.69) is 35.7 Å². The number of halogens is 6. The van der Waals surface area contributed by atoms with Gasteiger partial charge in [0, 0.05) is 60.8 Å². The highest BCUT2D eigenvalue weighted by atomic mass is 19.4. The van der Waals surface area contributed by atoms with Gasteiger partial charge < -0.3 is 10.6 Å². The number of aromatic nitrogens is 8. The number of hydrogen-bond donors (Lipinski definition) is 2. The van der Waals surface area contributed by atoms with Gasteiger partial charge >= 0.3 is 12.4 Å². The summed E-state index contributed by atoms with van der Waals surface area (Å²) in [6.07, 6.45) is 1.66. The SMILES string of the molecule is CC(C)(Cn1cc(C(F)(F)F)cn1)NC(=O)[C@@H](Cc1cnc2ncccn12)NC(=O)[C@H]1C[C@@H]1c1ccc(-c2cnc3nc(C(F)(F)F)cn3c2)cc1. The van der Waals surface area contributed by atoms with Crippen LogP contribution >= 0.6 is 0 Å². The van der Waals surface area contributed by atoms with Crippen molar-refractivity contribution in [1.82, 2.24) is 49.2 Å². The molecule has 5 aromatic heterocycles. The Morgan fingerprint density at radius 3 is 2.37 bits per heavy atom. The summed E-state index contributed by atoms with van der Waals surface area (Å²) in [4.78, 5) is 43.4. The zero-order chi connectivity index (χ0) is 37.0. The maximum atomic E-state index is 13.8. The second-order valence-electron chi connectivity index (χ2n) is 13.3. The number of amides is 2. The minimum Gasteiger partial charge on any atom is -0.348 e. The highest BCUT2D eigenvalue weighted by Gasteiger charge is 2.45. The Balaban J connectivity index is 1.04. The molecule has 0 saturated heterocycles. The molecule has 0 unspecified atom stereocenters. The van der Waals surface area contributed by atoms with Crippen LogP contribution in [0.5, 0.6) is 0 Å². The topological polar surface area (TPSA) is 136 Å². The second kappa shape index (κ2) is 12.8. The van der Waals surface area contributed by atoms with E-state index in [1.807, 2.05) is 12.1 Å². The third kappa shape index (κ3) is 7.31. The number of rotatable bonds is 10. The maximum absolute atomic E-state index is 13.8. The quantitative estimate of drug-likeness (QED) is 0.188. The summed E-state index contributed by atoms with van der Waals surface area (Å²) < 4.78 is 82.7. The predicted molar refractivity (Wildman–Crippen MR) is 172 cm³/mol. The molecule has 12 nitrogen and oxygen atoms in total. The molecule has 18 heteroatoms. The summed E-state index contributed by atoms with van der Waals surface area (Å²) in [5.74, 6) is -1.15. The van der Waals surface area contributed by atoms with Crippen LogP contribution in [0.4, 0.5) is 26.3 Å². The first-order chi connectivity index (χ1) is 24.5. The Kier molecular flexibility index (Phi) is 8.49. The first-order valence-corrected chi connectivity index (χ1v) is 16.1. The van der Waals surface area contributed by atoms with Crippen molar-refractivity contribution < 1.29 is 35.9 Å². The molecule has 0 aliphatic heterocycles. The van der Waals surface area contributed by atoms with E-state index >= 15 is 0 Å². The number of alkyl halides is 6. The van der Waals surface area contributed by atoms with Gasteiger partial charge in [-0.05, 0) is 43.4 Å². The van der Waals surface area contributed by atoms with E-state index in [9.17, 15) is 35.9 Å². The third-order valence-electron chi connectivity index (χ3n) is 8.79. The van der Waals surface area contributed by atoms with Gasteiger partial charge in [-0.1, -0.05) is 24.3 Å². The zero-order valence-electron chi connectivity index (χ0n) is 27.5. The Labute approximate surface area is 290 Å². The molecule has 270 valence electrons. The number of carbonyl (C=O) groups is 2. The van der Waals surface area contributed by atoms with Crippen molar-refractivity contribution in [2.75, 3.05) is 0 Å². The standard InChI is InChI=1S/C34H30F6N10O2/c1-32(2,18-49-16-22(13-44-49)33(35,36)37)47-29(52)26(10-23-14-43-30-41-8-3-9-50(23)30)45-28(51)25-11-24(25)20-6-4-19(5-7-20)21-12-42-31-46-27(34(38,39)40)17-48(31)15-21/h3-9,12-17,24-26H,10-11,18H2,1-2H3,(H,45,51)(H,47,52)/t24-,25+,26-/m1/s1. The van der Waals surface area contributed by atoms with Crippen LogP contribution in [0.2, 0.25) is 0 Å². The van der Waals surface area contributed by atoms with E-state index < -0.39 is 47.0 Å². The molecule has 0 bridgehead atoms. The summed E-state index contributed by atoms with van der Waals surface area (Å²) in [7, 11) is 0. The van der Waals surface area contributed by atoms with Crippen LogP contribution in [0.1, 0.15) is 48.7 Å². The summed E-state index contributed by atoms with van der Waals surface area (Å²) in [6, 6.07) is 7.89. The number of fused-ring (bicyclic) bond motifs is 2. The number of benzene rings is 1. The molecule has 1 aliphatic carbocycles. The molecule has 1 aromatic carbocycles. The summed E-state index contributed by atoms with van der Waals surface area (Å²) in [5, 5.41) is 9.52. The average molecular weight is 725 g/mol. The van der Waals surface area contributed by atoms with Gasteiger partial charge in [0.2, 0.25) is 23.4 Å². The Morgan fingerprint density at radius 1 is 0.904 bits per heavy atom. The van der Waals surface area contributed by atoms with Crippen LogP contribution in [0.3, 0.4) is 0 Å². The number of imidazole rings is 2. The summed E-state index contributed by atoms with van der Waals surface area (Å²) in [5.41, 5.74) is -0.265. The van der Waals surface area contributed by atoms with Crippen LogP contribution in [0.25, 0.3) is 22.7 Å². The lowest BCUT2D eigenvalue weighted by molar-refractivity contribution is -0.141. The van der Waals surface area contributed by atoms with E-state index in [4.69, 9.17) is 0 Å². The third-order valence-corrected chi connectivity index (χ3v) is 8.79. The smallest absolute Gasteiger partial charge is 0.348 e. The average Bonchev–Trinajstić information content (AvgIpc) is 3.36. The van der Waals surface area contributed by atoms with Gasteiger partial charge in [0.25, 0.3) is 0 Å².